The van der Waals surface area contributed by atoms with Crippen molar-refractivity contribution in [3.63, 3.8) is 0 Å². The first-order valence-corrected chi connectivity index (χ1v) is 12.7. The average molecular weight is 476 g/mol. The Balaban J connectivity index is 1.26. The van der Waals surface area contributed by atoms with Crippen molar-refractivity contribution in [1.29, 1.82) is 0 Å². The SMILES string of the molecule is CC1CC(NS(=O)(=O)C2CN(C(=O)OC(C)(C)C)C2)CC1c1nnc2cnc3[nH]ccc3n12. The first-order valence-electron chi connectivity index (χ1n) is 11.2. The summed E-state index contributed by atoms with van der Waals surface area (Å²) in [5, 5.41) is 8.08. The molecule has 5 rings (SSSR count). The van der Waals surface area contributed by atoms with Crippen molar-refractivity contribution in [2.24, 2.45) is 5.92 Å². The molecule has 2 N–H and O–H groups in total. The highest BCUT2D eigenvalue weighted by molar-refractivity contribution is 7.90. The van der Waals surface area contributed by atoms with E-state index in [-0.39, 0.29) is 31.0 Å². The molecule has 33 heavy (non-hydrogen) atoms. The third kappa shape index (κ3) is 4.05. The number of carbonyl (C=O) groups excluding carboxylic acids is 1. The number of fused-ring (bicyclic) bond motifs is 3. The fourth-order valence-corrected chi connectivity index (χ4v) is 6.38. The van der Waals surface area contributed by atoms with E-state index in [1.807, 2.05) is 16.7 Å². The number of aromatic amines is 1. The number of amides is 1. The van der Waals surface area contributed by atoms with Gasteiger partial charge >= 0.3 is 6.09 Å². The van der Waals surface area contributed by atoms with E-state index in [1.54, 1.807) is 27.0 Å². The number of H-pyrrole nitrogens is 1. The highest BCUT2D eigenvalue weighted by Gasteiger charge is 2.44. The van der Waals surface area contributed by atoms with E-state index in [9.17, 15) is 13.2 Å². The number of nitrogens with zero attached hydrogens (tertiary/aromatic N) is 5. The number of nitrogens with one attached hydrogen (secondary N) is 2. The van der Waals surface area contributed by atoms with E-state index >= 15 is 0 Å². The number of sulfonamides is 1. The molecule has 2 aliphatic rings. The summed E-state index contributed by atoms with van der Waals surface area (Å²) in [4.78, 5) is 21.0. The summed E-state index contributed by atoms with van der Waals surface area (Å²) in [5.41, 5.74) is 1.72. The van der Waals surface area contributed by atoms with Gasteiger partial charge in [-0.3, -0.25) is 4.40 Å². The molecule has 178 valence electrons. The van der Waals surface area contributed by atoms with Crippen LogP contribution in [0.15, 0.2) is 18.5 Å². The number of rotatable bonds is 4. The average Bonchev–Trinajstić information content (AvgIpc) is 3.35. The van der Waals surface area contributed by atoms with Crippen molar-refractivity contribution in [3.8, 4) is 0 Å². The van der Waals surface area contributed by atoms with Gasteiger partial charge in [0.25, 0.3) is 0 Å². The van der Waals surface area contributed by atoms with Gasteiger partial charge in [-0.15, -0.1) is 10.2 Å². The van der Waals surface area contributed by atoms with Gasteiger partial charge in [-0.1, -0.05) is 6.92 Å². The minimum atomic E-state index is -3.56. The molecule has 1 aliphatic carbocycles. The van der Waals surface area contributed by atoms with E-state index in [2.05, 4.69) is 31.8 Å². The van der Waals surface area contributed by atoms with Crippen molar-refractivity contribution >= 4 is 32.9 Å². The van der Waals surface area contributed by atoms with Gasteiger partial charge in [0.1, 0.15) is 16.7 Å². The molecule has 1 saturated heterocycles. The van der Waals surface area contributed by atoms with Crippen LogP contribution in [-0.2, 0) is 14.8 Å². The first kappa shape index (κ1) is 22.1. The van der Waals surface area contributed by atoms with Crippen LogP contribution in [-0.4, -0.2) is 74.0 Å². The standard InChI is InChI=1S/C21H29N7O4S/c1-12-7-13(26-33(30,31)14-10-27(11-14)20(29)32-21(2,3)4)8-15(12)19-25-24-17-9-23-18-16(28(17)19)5-6-22-18/h5-6,9,12-15,22,26H,7-8,10-11H2,1-4H3. The van der Waals surface area contributed by atoms with Crippen LogP contribution >= 0.6 is 0 Å². The van der Waals surface area contributed by atoms with E-state index < -0.39 is 27.0 Å². The van der Waals surface area contributed by atoms with Gasteiger partial charge in [0.2, 0.25) is 10.0 Å². The molecule has 4 heterocycles. The zero-order valence-electron chi connectivity index (χ0n) is 19.1. The Bertz CT molecular complexity index is 1300. The summed E-state index contributed by atoms with van der Waals surface area (Å²) in [6, 6.07) is 1.75. The predicted octanol–water partition coefficient (Wildman–Crippen LogP) is 2.03. The van der Waals surface area contributed by atoms with Gasteiger partial charge in [0.05, 0.1) is 11.7 Å². The molecule has 1 amide bonds. The molecule has 0 bridgehead atoms. The lowest BCUT2D eigenvalue weighted by atomic mass is 9.97. The second kappa shape index (κ2) is 7.66. The van der Waals surface area contributed by atoms with Crippen LogP contribution in [0.1, 0.15) is 52.3 Å². The predicted molar refractivity (Wildman–Crippen MR) is 121 cm³/mol. The minimum Gasteiger partial charge on any atom is -0.444 e. The third-order valence-electron chi connectivity index (χ3n) is 6.45. The van der Waals surface area contributed by atoms with Crippen molar-refractivity contribution in [1.82, 2.24) is 34.2 Å². The van der Waals surface area contributed by atoms with E-state index in [0.29, 0.717) is 18.5 Å². The van der Waals surface area contributed by atoms with E-state index in [4.69, 9.17) is 4.74 Å². The monoisotopic (exact) mass is 475 g/mol. The normalized spacial score (nSPS) is 24.5. The van der Waals surface area contributed by atoms with Crippen LogP contribution in [0.5, 0.6) is 0 Å². The van der Waals surface area contributed by atoms with Gasteiger partial charge in [0.15, 0.2) is 11.3 Å². The van der Waals surface area contributed by atoms with Crippen LogP contribution in [0, 0.1) is 5.92 Å². The first-order chi connectivity index (χ1) is 15.5. The highest BCUT2D eigenvalue weighted by Crippen LogP contribution is 2.40. The van der Waals surface area contributed by atoms with Crippen LogP contribution in [0.3, 0.4) is 0 Å². The van der Waals surface area contributed by atoms with Crippen molar-refractivity contribution < 1.29 is 17.9 Å². The Labute approximate surface area is 192 Å². The van der Waals surface area contributed by atoms with Gasteiger partial charge in [-0.05, 0) is 45.6 Å². The summed E-state index contributed by atoms with van der Waals surface area (Å²) in [7, 11) is -3.56. The minimum absolute atomic E-state index is 0.0628. The summed E-state index contributed by atoms with van der Waals surface area (Å²) in [6.07, 6.45) is 4.38. The molecule has 12 heteroatoms. The quantitative estimate of drug-likeness (QED) is 0.589. The number of ether oxygens (including phenoxy) is 1. The van der Waals surface area contributed by atoms with Gasteiger partial charge in [0, 0.05) is 31.2 Å². The van der Waals surface area contributed by atoms with Crippen LogP contribution < -0.4 is 4.72 Å². The Hall–Kier alpha value is -2.73. The number of carbonyl (C=O) groups is 1. The van der Waals surface area contributed by atoms with Gasteiger partial charge < -0.3 is 14.6 Å². The lowest BCUT2D eigenvalue weighted by Crippen LogP contribution is -2.60. The number of hydrogen-bond acceptors (Lipinski definition) is 7. The Morgan fingerprint density at radius 1 is 1.24 bits per heavy atom. The summed E-state index contributed by atoms with van der Waals surface area (Å²) in [5.74, 6) is 1.12. The lowest BCUT2D eigenvalue weighted by molar-refractivity contribution is 0.0138. The number of aromatic nitrogens is 5. The molecule has 0 spiro atoms. The van der Waals surface area contributed by atoms with E-state index in [0.717, 1.165) is 17.0 Å². The van der Waals surface area contributed by atoms with Crippen LogP contribution in [0.4, 0.5) is 4.79 Å². The maximum absolute atomic E-state index is 12.9. The molecule has 0 aromatic carbocycles. The summed E-state index contributed by atoms with van der Waals surface area (Å²) < 4.78 is 36.1. The van der Waals surface area contributed by atoms with Crippen LogP contribution in [0.2, 0.25) is 0 Å². The molecule has 0 radical (unpaired) electrons. The second-order valence-electron chi connectivity index (χ2n) is 10.1. The van der Waals surface area contributed by atoms with Gasteiger partial charge in [-0.2, -0.15) is 0 Å². The molecule has 3 unspecified atom stereocenters. The zero-order valence-corrected chi connectivity index (χ0v) is 20.0. The Morgan fingerprint density at radius 3 is 2.73 bits per heavy atom. The fourth-order valence-electron chi connectivity index (χ4n) is 4.78. The molecule has 11 nitrogen and oxygen atoms in total. The Morgan fingerprint density at radius 2 is 2.00 bits per heavy atom. The molecule has 3 atom stereocenters. The highest BCUT2D eigenvalue weighted by atomic mass is 32.2. The summed E-state index contributed by atoms with van der Waals surface area (Å²) in [6.45, 7) is 7.76. The second-order valence-corrected chi connectivity index (χ2v) is 12.1. The van der Waals surface area contributed by atoms with Crippen molar-refractivity contribution in [2.45, 2.75) is 63.3 Å². The molecular formula is C21H29N7O4S. The molecule has 3 aromatic rings. The zero-order chi connectivity index (χ0) is 23.5. The van der Waals surface area contributed by atoms with E-state index in [1.165, 1.54) is 4.90 Å². The molecule has 2 fully saturated rings. The fraction of sp³-hybridized carbons (Fsp3) is 0.619. The van der Waals surface area contributed by atoms with Crippen molar-refractivity contribution in [2.75, 3.05) is 13.1 Å². The third-order valence-corrected chi connectivity index (χ3v) is 8.29. The molecule has 1 aliphatic heterocycles. The molecular weight excluding hydrogens is 446 g/mol. The maximum Gasteiger partial charge on any atom is 0.410 e. The summed E-state index contributed by atoms with van der Waals surface area (Å²) >= 11 is 0. The largest absolute Gasteiger partial charge is 0.444 e. The smallest absolute Gasteiger partial charge is 0.410 e. The number of hydrogen-bond donors (Lipinski definition) is 2. The topological polar surface area (TPSA) is 135 Å². The maximum atomic E-state index is 12.9. The molecule has 3 aromatic heterocycles. The van der Waals surface area contributed by atoms with Gasteiger partial charge in [-0.25, -0.2) is 22.9 Å². The van der Waals surface area contributed by atoms with Crippen molar-refractivity contribution in [3.05, 3.63) is 24.3 Å². The van der Waals surface area contributed by atoms with Crippen LogP contribution in [0.25, 0.3) is 16.8 Å². The number of likely N-dealkylation sites (tertiary alicyclic amines) is 1. The lowest BCUT2D eigenvalue weighted by Gasteiger charge is -2.39. The molecule has 1 saturated carbocycles. The Kier molecular flexibility index (Phi) is 5.12.